The lowest BCUT2D eigenvalue weighted by molar-refractivity contribution is 0.0958. The molecule has 5 rings (SSSR count). The van der Waals surface area contributed by atoms with E-state index in [2.05, 4.69) is 25.2 Å². The molecule has 30 heavy (non-hydrogen) atoms. The van der Waals surface area contributed by atoms with Crippen molar-refractivity contribution in [2.45, 2.75) is 25.8 Å². The third-order valence-corrected chi connectivity index (χ3v) is 6.51. The van der Waals surface area contributed by atoms with E-state index in [-0.39, 0.29) is 11.5 Å². The van der Waals surface area contributed by atoms with Gasteiger partial charge in [-0.05, 0) is 53.5 Å². The van der Waals surface area contributed by atoms with Crippen LogP contribution in [0.3, 0.4) is 0 Å². The van der Waals surface area contributed by atoms with Crippen LogP contribution in [0.4, 0.5) is 0 Å². The van der Waals surface area contributed by atoms with Crippen LogP contribution < -0.4 is 10.9 Å². The summed E-state index contributed by atoms with van der Waals surface area (Å²) in [5, 5.41) is 2.60. The van der Waals surface area contributed by atoms with Crippen molar-refractivity contribution in [2.24, 2.45) is 11.8 Å². The molecule has 2 N–H and O–H groups in total. The Morgan fingerprint density at radius 3 is 2.67 bits per heavy atom. The third kappa shape index (κ3) is 3.29. The van der Waals surface area contributed by atoms with Crippen molar-refractivity contribution in [2.75, 3.05) is 20.1 Å². The van der Waals surface area contributed by atoms with Gasteiger partial charge in [-0.15, -0.1) is 0 Å². The molecule has 3 aromatic rings. The molecule has 0 radical (unpaired) electrons. The highest BCUT2D eigenvalue weighted by atomic mass is 16.1. The predicted molar refractivity (Wildman–Crippen MR) is 114 cm³/mol. The zero-order valence-electron chi connectivity index (χ0n) is 17.2. The number of amides is 1. The Labute approximate surface area is 174 Å². The highest BCUT2D eigenvalue weighted by Crippen LogP contribution is 2.58. The Bertz CT molecular complexity index is 1160. The number of carbonyl (C=O) groups is 1. The number of hydrogen-bond donors (Lipinski definition) is 2. The highest BCUT2D eigenvalue weighted by molar-refractivity contribution is 5.91. The van der Waals surface area contributed by atoms with Crippen LogP contribution in [-0.4, -0.2) is 45.9 Å². The van der Waals surface area contributed by atoms with Crippen LogP contribution in [0.5, 0.6) is 0 Å². The van der Waals surface area contributed by atoms with Gasteiger partial charge in [-0.2, -0.15) is 0 Å². The first kappa shape index (κ1) is 18.9. The van der Waals surface area contributed by atoms with E-state index in [9.17, 15) is 9.59 Å². The van der Waals surface area contributed by atoms with Crippen LogP contribution in [-0.2, 0) is 13.0 Å². The minimum Gasteiger partial charge on any atom is -0.354 e. The molecular formula is C23H25N5O2. The largest absolute Gasteiger partial charge is 0.354 e. The van der Waals surface area contributed by atoms with Crippen LogP contribution in [0.1, 0.15) is 40.0 Å². The second-order valence-corrected chi connectivity index (χ2v) is 8.36. The Morgan fingerprint density at radius 1 is 1.20 bits per heavy atom. The summed E-state index contributed by atoms with van der Waals surface area (Å²) in [5.41, 5.74) is 5.20. The van der Waals surface area contributed by atoms with Gasteiger partial charge in [0.05, 0.1) is 11.0 Å². The SMILES string of the molecule is CCc1cc2ncc(CN3C[C@@H]4C(c5ccc(C(=O)NC)nc5)[C@@H]4C3)cc2[nH]c1=O. The number of rotatable bonds is 5. The monoisotopic (exact) mass is 403 g/mol. The van der Waals surface area contributed by atoms with Gasteiger partial charge in [0.2, 0.25) is 0 Å². The molecular weight excluding hydrogens is 378 g/mol. The van der Waals surface area contributed by atoms with Gasteiger partial charge in [0, 0.05) is 44.6 Å². The molecule has 4 heterocycles. The van der Waals surface area contributed by atoms with Gasteiger partial charge in [-0.1, -0.05) is 13.0 Å². The molecule has 2 fully saturated rings. The van der Waals surface area contributed by atoms with Crippen LogP contribution in [0.2, 0.25) is 0 Å². The second kappa shape index (κ2) is 7.32. The van der Waals surface area contributed by atoms with Crippen LogP contribution in [0, 0.1) is 11.8 Å². The summed E-state index contributed by atoms with van der Waals surface area (Å²) >= 11 is 0. The van der Waals surface area contributed by atoms with E-state index < -0.39 is 0 Å². The quantitative estimate of drug-likeness (QED) is 0.681. The first-order valence-electron chi connectivity index (χ1n) is 10.5. The molecule has 1 aliphatic heterocycles. The second-order valence-electron chi connectivity index (χ2n) is 8.36. The number of aryl methyl sites for hydroxylation is 1. The Hall–Kier alpha value is -3.06. The third-order valence-electron chi connectivity index (χ3n) is 6.51. The molecule has 1 unspecified atom stereocenters. The maximum Gasteiger partial charge on any atom is 0.269 e. The number of nitrogens with one attached hydrogen (secondary N) is 2. The molecule has 7 heteroatoms. The number of nitrogens with zero attached hydrogens (tertiary/aromatic N) is 3. The Kier molecular flexibility index (Phi) is 4.62. The summed E-state index contributed by atoms with van der Waals surface area (Å²) in [6.07, 6.45) is 4.48. The average molecular weight is 403 g/mol. The van der Waals surface area contributed by atoms with Crippen molar-refractivity contribution in [3.8, 4) is 0 Å². The lowest BCUT2D eigenvalue weighted by Gasteiger charge is -2.19. The fourth-order valence-electron chi connectivity index (χ4n) is 4.88. The average Bonchev–Trinajstić information content (AvgIpc) is 3.27. The fraction of sp³-hybridized carbons (Fsp3) is 0.391. The van der Waals surface area contributed by atoms with Gasteiger partial charge in [0.25, 0.3) is 11.5 Å². The lowest BCUT2D eigenvalue weighted by Crippen LogP contribution is -2.24. The van der Waals surface area contributed by atoms with Gasteiger partial charge < -0.3 is 10.3 Å². The number of piperidine rings is 1. The normalized spacial score (nSPS) is 22.8. The van der Waals surface area contributed by atoms with Gasteiger partial charge in [-0.25, -0.2) is 0 Å². The zero-order chi connectivity index (χ0) is 20.8. The Balaban J connectivity index is 1.23. The summed E-state index contributed by atoms with van der Waals surface area (Å²) in [4.78, 5) is 38.0. The number of carbonyl (C=O) groups excluding carboxylic acids is 1. The summed E-state index contributed by atoms with van der Waals surface area (Å²) < 4.78 is 0. The molecule has 3 aromatic heterocycles. The number of aromatic nitrogens is 3. The summed E-state index contributed by atoms with van der Waals surface area (Å²) in [5.74, 6) is 1.70. The van der Waals surface area contributed by atoms with Crippen molar-refractivity contribution >= 4 is 16.9 Å². The van der Waals surface area contributed by atoms with Crippen molar-refractivity contribution in [3.05, 3.63) is 69.4 Å². The van der Waals surface area contributed by atoms with Crippen molar-refractivity contribution in [1.82, 2.24) is 25.2 Å². The van der Waals surface area contributed by atoms with E-state index in [1.165, 1.54) is 5.56 Å². The minimum atomic E-state index is -0.153. The molecule has 0 spiro atoms. The van der Waals surface area contributed by atoms with E-state index in [1.807, 2.05) is 43.6 Å². The summed E-state index contributed by atoms with van der Waals surface area (Å²) in [6.45, 7) is 4.92. The molecule has 3 atom stereocenters. The number of fused-ring (bicyclic) bond motifs is 2. The van der Waals surface area contributed by atoms with E-state index in [1.54, 1.807) is 7.05 Å². The van der Waals surface area contributed by atoms with Crippen molar-refractivity contribution < 1.29 is 4.79 Å². The van der Waals surface area contributed by atoms with E-state index in [0.29, 0.717) is 29.9 Å². The fourth-order valence-corrected chi connectivity index (χ4v) is 4.88. The van der Waals surface area contributed by atoms with Crippen LogP contribution in [0.15, 0.2) is 41.5 Å². The number of H-pyrrole nitrogens is 1. The van der Waals surface area contributed by atoms with Gasteiger partial charge in [-0.3, -0.25) is 24.5 Å². The van der Waals surface area contributed by atoms with Crippen LogP contribution >= 0.6 is 0 Å². The molecule has 1 aliphatic carbocycles. The highest BCUT2D eigenvalue weighted by Gasteiger charge is 2.56. The summed E-state index contributed by atoms with van der Waals surface area (Å²) in [7, 11) is 1.61. The minimum absolute atomic E-state index is 0.0229. The topological polar surface area (TPSA) is 91.0 Å². The number of pyridine rings is 3. The van der Waals surface area contributed by atoms with Gasteiger partial charge in [0.15, 0.2) is 0 Å². The first-order chi connectivity index (χ1) is 14.6. The zero-order valence-corrected chi connectivity index (χ0v) is 17.2. The number of likely N-dealkylation sites (tertiary alicyclic amines) is 1. The molecule has 1 saturated carbocycles. The molecule has 2 aliphatic rings. The number of aromatic amines is 1. The first-order valence-corrected chi connectivity index (χ1v) is 10.5. The van der Waals surface area contributed by atoms with Gasteiger partial charge in [0.1, 0.15) is 5.69 Å². The van der Waals surface area contributed by atoms with Crippen molar-refractivity contribution in [1.29, 1.82) is 0 Å². The van der Waals surface area contributed by atoms with Crippen molar-refractivity contribution in [3.63, 3.8) is 0 Å². The molecule has 1 amide bonds. The molecule has 154 valence electrons. The smallest absolute Gasteiger partial charge is 0.269 e. The Morgan fingerprint density at radius 2 is 2.00 bits per heavy atom. The van der Waals surface area contributed by atoms with E-state index in [0.717, 1.165) is 41.8 Å². The van der Waals surface area contributed by atoms with Gasteiger partial charge >= 0.3 is 0 Å². The standard InChI is InChI=1S/C23H25N5O2/c1-3-14-7-19-20(27-22(14)29)6-13(8-25-19)10-28-11-16-17(12-28)21(16)15-4-5-18(26-9-15)23(30)24-2/h4-9,16-17,21H,3,10-12H2,1-2H3,(H,24,30)(H,27,29)/t16-,17+,21?. The molecule has 0 bridgehead atoms. The maximum atomic E-state index is 12.1. The van der Waals surface area contributed by atoms with E-state index >= 15 is 0 Å². The lowest BCUT2D eigenvalue weighted by atomic mass is 10.1. The predicted octanol–water partition coefficient (Wildman–Crippen LogP) is 2.09. The molecule has 0 aromatic carbocycles. The molecule has 1 saturated heterocycles. The number of hydrogen-bond acceptors (Lipinski definition) is 5. The summed E-state index contributed by atoms with van der Waals surface area (Å²) in [6, 6.07) is 7.79. The van der Waals surface area contributed by atoms with Crippen LogP contribution in [0.25, 0.3) is 11.0 Å². The molecule has 7 nitrogen and oxygen atoms in total. The van der Waals surface area contributed by atoms with E-state index in [4.69, 9.17) is 0 Å². The maximum absolute atomic E-state index is 12.1.